The van der Waals surface area contributed by atoms with Gasteiger partial charge in [0, 0.05) is 6.92 Å². The molecule has 1 atom stereocenters. The van der Waals surface area contributed by atoms with Crippen LogP contribution in [0.1, 0.15) is 57.9 Å². The number of aliphatic hydroxyl groups is 1. The summed E-state index contributed by atoms with van der Waals surface area (Å²) in [6.07, 6.45) is 7.51. The summed E-state index contributed by atoms with van der Waals surface area (Å²) in [5.41, 5.74) is 1.25. The molecule has 4 heteroatoms. The first-order valence-electron chi connectivity index (χ1n) is 8.75. The number of amides is 1. The fraction of sp³-hybridized carbons (Fsp3) is 0.632. The minimum absolute atomic E-state index is 0.00953. The molecule has 1 rings (SSSR count). The maximum absolute atomic E-state index is 11.0. The quantitative estimate of drug-likeness (QED) is 0.580. The Hall–Kier alpha value is -1.55. The zero-order valence-electron chi connectivity index (χ0n) is 14.5. The zero-order valence-corrected chi connectivity index (χ0v) is 14.5. The van der Waals surface area contributed by atoms with E-state index in [0.717, 1.165) is 38.0 Å². The Morgan fingerprint density at radius 2 is 1.91 bits per heavy atom. The summed E-state index contributed by atoms with van der Waals surface area (Å²) in [4.78, 5) is 11.0. The summed E-state index contributed by atoms with van der Waals surface area (Å²) >= 11 is 0. The highest BCUT2D eigenvalue weighted by atomic mass is 16.5. The Labute approximate surface area is 140 Å². The van der Waals surface area contributed by atoms with Crippen molar-refractivity contribution in [3.63, 3.8) is 0 Å². The fourth-order valence-corrected chi connectivity index (χ4v) is 2.52. The van der Waals surface area contributed by atoms with E-state index in [1.54, 1.807) is 0 Å². The van der Waals surface area contributed by atoms with Crippen molar-refractivity contribution in [3.8, 4) is 5.75 Å². The van der Waals surface area contributed by atoms with Crippen LogP contribution in [0.25, 0.3) is 0 Å². The molecule has 0 aliphatic carbocycles. The molecule has 0 saturated heterocycles. The molecule has 0 radical (unpaired) electrons. The van der Waals surface area contributed by atoms with Crippen LogP contribution in [0.4, 0.5) is 0 Å². The lowest BCUT2D eigenvalue weighted by Crippen LogP contribution is -2.35. The van der Waals surface area contributed by atoms with Gasteiger partial charge in [0.25, 0.3) is 0 Å². The first-order valence-corrected chi connectivity index (χ1v) is 8.75. The number of carbonyl (C=O) groups is 1. The molecular formula is C19H31NO3. The molecule has 1 amide bonds. The van der Waals surface area contributed by atoms with Gasteiger partial charge in [0.2, 0.25) is 5.91 Å². The normalized spacial score (nSPS) is 12.0. The van der Waals surface area contributed by atoms with E-state index in [-0.39, 0.29) is 18.6 Å². The maximum atomic E-state index is 11.0. The highest BCUT2D eigenvalue weighted by molar-refractivity contribution is 5.73. The number of rotatable bonds is 12. The minimum atomic E-state index is -0.141. The number of nitrogens with one attached hydrogen (secondary N) is 1. The lowest BCUT2D eigenvalue weighted by atomic mass is 10.0. The number of hydrogen-bond donors (Lipinski definition) is 2. The largest absolute Gasteiger partial charge is 0.494 e. The van der Waals surface area contributed by atoms with Crippen LogP contribution in [0.3, 0.4) is 0 Å². The van der Waals surface area contributed by atoms with Gasteiger partial charge >= 0.3 is 0 Å². The molecular weight excluding hydrogens is 290 g/mol. The van der Waals surface area contributed by atoms with E-state index in [2.05, 4.69) is 24.4 Å². The summed E-state index contributed by atoms with van der Waals surface area (Å²) in [5, 5.41) is 12.0. The van der Waals surface area contributed by atoms with Crippen molar-refractivity contribution in [3.05, 3.63) is 29.8 Å². The molecule has 0 aliphatic rings. The number of ether oxygens (including phenoxy) is 1. The molecule has 0 aliphatic heterocycles. The second kappa shape index (κ2) is 11.9. The molecule has 1 aromatic rings. The number of aryl methyl sites for hydroxylation is 1. The van der Waals surface area contributed by atoms with Crippen LogP contribution in [0.5, 0.6) is 5.75 Å². The Morgan fingerprint density at radius 1 is 1.17 bits per heavy atom. The zero-order chi connectivity index (χ0) is 16.9. The lowest BCUT2D eigenvalue weighted by Gasteiger charge is -2.14. The van der Waals surface area contributed by atoms with E-state index in [9.17, 15) is 9.90 Å². The second-order valence-electron chi connectivity index (χ2n) is 6.03. The van der Waals surface area contributed by atoms with Crippen LogP contribution in [-0.2, 0) is 11.2 Å². The minimum Gasteiger partial charge on any atom is -0.494 e. The van der Waals surface area contributed by atoms with E-state index < -0.39 is 0 Å². The van der Waals surface area contributed by atoms with Crippen molar-refractivity contribution in [2.24, 2.45) is 0 Å². The molecule has 0 bridgehead atoms. The number of carbonyl (C=O) groups excluding carboxylic acids is 1. The first-order chi connectivity index (χ1) is 11.2. The molecule has 130 valence electrons. The number of unbranched alkanes of at least 4 members (excludes halogenated alkanes) is 3. The van der Waals surface area contributed by atoms with Gasteiger partial charge in [0.05, 0.1) is 19.3 Å². The van der Waals surface area contributed by atoms with Gasteiger partial charge in [-0.15, -0.1) is 0 Å². The van der Waals surface area contributed by atoms with E-state index >= 15 is 0 Å². The first kappa shape index (κ1) is 19.5. The Kier molecular flexibility index (Phi) is 10.1. The molecule has 0 fully saturated rings. The van der Waals surface area contributed by atoms with Crippen LogP contribution < -0.4 is 10.1 Å². The van der Waals surface area contributed by atoms with Crippen LogP contribution in [0, 0.1) is 0 Å². The van der Waals surface area contributed by atoms with Gasteiger partial charge in [-0.05, 0) is 43.4 Å². The summed E-state index contributed by atoms with van der Waals surface area (Å²) < 4.78 is 5.73. The molecule has 0 spiro atoms. The number of benzene rings is 1. The van der Waals surface area contributed by atoms with Crippen LogP contribution in [0.2, 0.25) is 0 Å². The smallest absolute Gasteiger partial charge is 0.217 e. The topological polar surface area (TPSA) is 58.6 Å². The lowest BCUT2D eigenvalue weighted by molar-refractivity contribution is -0.120. The third-order valence-electron chi connectivity index (χ3n) is 3.84. The van der Waals surface area contributed by atoms with Crippen LogP contribution in [0.15, 0.2) is 24.3 Å². The molecule has 0 saturated carbocycles. The summed E-state index contributed by atoms with van der Waals surface area (Å²) in [6.45, 7) is 4.46. The third kappa shape index (κ3) is 9.24. The summed E-state index contributed by atoms with van der Waals surface area (Å²) in [6, 6.07) is 8.08. The molecule has 1 unspecified atom stereocenters. The van der Waals surface area contributed by atoms with Crippen molar-refractivity contribution in [2.45, 2.75) is 64.8 Å². The molecule has 0 heterocycles. The average Bonchev–Trinajstić information content (AvgIpc) is 2.54. The number of aliphatic hydroxyl groups excluding tert-OH is 1. The fourth-order valence-electron chi connectivity index (χ4n) is 2.52. The molecule has 1 aromatic carbocycles. The standard InChI is InChI=1S/C19H31NO3/c1-3-4-5-6-14-23-19-12-10-17(11-13-19)8-7-9-18(15-21)20-16(2)22/h10-13,18,21H,3-9,14-15H2,1-2H3,(H,20,22). The molecule has 2 N–H and O–H groups in total. The highest BCUT2D eigenvalue weighted by Crippen LogP contribution is 2.15. The van der Waals surface area contributed by atoms with Crippen molar-refractivity contribution in [2.75, 3.05) is 13.2 Å². The Balaban J connectivity index is 2.24. The Bertz CT molecular complexity index is 431. The van der Waals surface area contributed by atoms with E-state index in [1.165, 1.54) is 31.7 Å². The van der Waals surface area contributed by atoms with Gasteiger partial charge < -0.3 is 15.2 Å². The Morgan fingerprint density at radius 3 is 2.52 bits per heavy atom. The van der Waals surface area contributed by atoms with Gasteiger partial charge in [0.1, 0.15) is 5.75 Å². The third-order valence-corrected chi connectivity index (χ3v) is 3.84. The van der Waals surface area contributed by atoms with Gasteiger partial charge in [-0.2, -0.15) is 0 Å². The van der Waals surface area contributed by atoms with E-state index in [4.69, 9.17) is 4.74 Å². The van der Waals surface area contributed by atoms with Crippen LogP contribution >= 0.6 is 0 Å². The van der Waals surface area contributed by atoms with Gasteiger partial charge in [-0.25, -0.2) is 0 Å². The van der Waals surface area contributed by atoms with Crippen molar-refractivity contribution in [1.82, 2.24) is 5.32 Å². The van der Waals surface area contributed by atoms with Crippen molar-refractivity contribution >= 4 is 5.91 Å². The summed E-state index contributed by atoms with van der Waals surface area (Å²) in [7, 11) is 0. The van der Waals surface area contributed by atoms with Crippen LogP contribution in [-0.4, -0.2) is 30.3 Å². The van der Waals surface area contributed by atoms with E-state index in [1.807, 2.05) is 12.1 Å². The SMILES string of the molecule is CCCCCCOc1ccc(CCCC(CO)NC(C)=O)cc1. The maximum Gasteiger partial charge on any atom is 0.217 e. The van der Waals surface area contributed by atoms with Gasteiger partial charge in [-0.1, -0.05) is 38.3 Å². The average molecular weight is 321 g/mol. The van der Waals surface area contributed by atoms with Gasteiger partial charge in [-0.3, -0.25) is 4.79 Å². The number of hydrogen-bond acceptors (Lipinski definition) is 3. The second-order valence-corrected chi connectivity index (χ2v) is 6.03. The molecule has 4 nitrogen and oxygen atoms in total. The van der Waals surface area contributed by atoms with Crippen molar-refractivity contribution < 1.29 is 14.6 Å². The molecule has 23 heavy (non-hydrogen) atoms. The summed E-state index contributed by atoms with van der Waals surface area (Å²) in [5.74, 6) is 0.834. The van der Waals surface area contributed by atoms with E-state index in [0.29, 0.717) is 0 Å². The monoisotopic (exact) mass is 321 g/mol. The predicted octanol–water partition coefficient (Wildman–Crippen LogP) is 3.47. The predicted molar refractivity (Wildman–Crippen MR) is 93.7 cm³/mol. The van der Waals surface area contributed by atoms with Crippen molar-refractivity contribution in [1.29, 1.82) is 0 Å². The highest BCUT2D eigenvalue weighted by Gasteiger charge is 2.08. The molecule has 0 aromatic heterocycles. The van der Waals surface area contributed by atoms with Gasteiger partial charge in [0.15, 0.2) is 0 Å².